The van der Waals surface area contributed by atoms with Crippen molar-refractivity contribution in [3.63, 3.8) is 0 Å². The zero-order valence-corrected chi connectivity index (χ0v) is 21.2. The minimum absolute atomic E-state index is 0. The highest BCUT2D eigenvalue weighted by molar-refractivity contribution is 14.0. The summed E-state index contributed by atoms with van der Waals surface area (Å²) in [6.07, 6.45) is 3.11. The largest absolute Gasteiger partial charge is 0.493 e. The predicted molar refractivity (Wildman–Crippen MR) is 136 cm³/mol. The van der Waals surface area contributed by atoms with Gasteiger partial charge < -0.3 is 24.4 Å². The normalized spacial score (nSPS) is 15.9. The quantitative estimate of drug-likeness (QED) is 0.312. The summed E-state index contributed by atoms with van der Waals surface area (Å²) in [7, 11) is 6.77. The molecule has 6 nitrogen and oxygen atoms in total. The molecule has 2 aromatic carbocycles. The highest BCUT2D eigenvalue weighted by Gasteiger charge is 2.25. The number of nitrogens with one attached hydrogen (secondary N) is 1. The minimum Gasteiger partial charge on any atom is -0.493 e. The van der Waals surface area contributed by atoms with Gasteiger partial charge in [0.25, 0.3) is 0 Å². The summed E-state index contributed by atoms with van der Waals surface area (Å²) < 4.78 is 16.4. The van der Waals surface area contributed by atoms with Crippen LogP contribution in [0.25, 0.3) is 0 Å². The van der Waals surface area contributed by atoms with Crippen molar-refractivity contribution in [3.05, 3.63) is 53.6 Å². The molecule has 1 saturated heterocycles. The summed E-state index contributed by atoms with van der Waals surface area (Å²) in [6.45, 7) is 2.84. The molecule has 0 radical (unpaired) electrons. The molecule has 0 aromatic heterocycles. The maximum atomic E-state index is 5.59. The molecule has 170 valence electrons. The molecule has 1 aliphatic rings. The smallest absolute Gasteiger partial charge is 0.203 e. The number of guanidine groups is 1. The van der Waals surface area contributed by atoms with Crippen molar-refractivity contribution in [1.29, 1.82) is 0 Å². The lowest BCUT2D eigenvalue weighted by atomic mass is 9.99. The maximum absolute atomic E-state index is 5.59. The summed E-state index contributed by atoms with van der Waals surface area (Å²) in [6, 6.07) is 14.7. The van der Waals surface area contributed by atoms with Crippen molar-refractivity contribution in [2.45, 2.75) is 19.3 Å². The fraction of sp³-hybridized carbons (Fsp3) is 0.458. The van der Waals surface area contributed by atoms with Gasteiger partial charge >= 0.3 is 0 Å². The number of halogens is 1. The first kappa shape index (κ1) is 25.1. The number of methoxy groups -OCH3 is 3. The van der Waals surface area contributed by atoms with Crippen molar-refractivity contribution >= 4 is 29.9 Å². The molecule has 7 heteroatoms. The van der Waals surface area contributed by atoms with Crippen molar-refractivity contribution in [1.82, 2.24) is 10.2 Å². The molecular weight excluding hydrogens is 505 g/mol. The third kappa shape index (κ3) is 6.41. The SMILES string of the molecule is CN=C(NCCc1ccc(OC)c(OC)c1OC)N1CCC(Cc2ccccc2)C1.I. The van der Waals surface area contributed by atoms with Crippen LogP contribution in [0.1, 0.15) is 17.5 Å². The van der Waals surface area contributed by atoms with Crippen LogP contribution >= 0.6 is 24.0 Å². The van der Waals surface area contributed by atoms with E-state index in [1.165, 1.54) is 12.0 Å². The Morgan fingerprint density at radius 1 is 1.03 bits per heavy atom. The van der Waals surface area contributed by atoms with Gasteiger partial charge in [-0.15, -0.1) is 24.0 Å². The van der Waals surface area contributed by atoms with E-state index in [0.717, 1.165) is 49.7 Å². The monoisotopic (exact) mass is 539 g/mol. The van der Waals surface area contributed by atoms with Crippen LogP contribution in [-0.2, 0) is 12.8 Å². The number of hydrogen-bond donors (Lipinski definition) is 1. The Labute approximate surface area is 203 Å². The average Bonchev–Trinajstić information content (AvgIpc) is 3.24. The molecule has 1 N–H and O–H groups in total. The molecule has 1 heterocycles. The number of aliphatic imine (C=N–C) groups is 1. The van der Waals surface area contributed by atoms with E-state index in [1.807, 2.05) is 19.2 Å². The third-order valence-electron chi connectivity index (χ3n) is 5.63. The molecule has 1 aliphatic heterocycles. The lowest BCUT2D eigenvalue weighted by Gasteiger charge is -2.22. The maximum Gasteiger partial charge on any atom is 0.203 e. The van der Waals surface area contributed by atoms with Crippen molar-refractivity contribution in [2.24, 2.45) is 10.9 Å². The molecule has 0 aliphatic carbocycles. The average molecular weight is 539 g/mol. The van der Waals surface area contributed by atoms with Gasteiger partial charge in [0.05, 0.1) is 21.3 Å². The zero-order valence-electron chi connectivity index (χ0n) is 18.9. The number of rotatable bonds is 8. The first-order valence-corrected chi connectivity index (χ1v) is 10.5. The van der Waals surface area contributed by atoms with Crippen LogP contribution in [0.4, 0.5) is 0 Å². The van der Waals surface area contributed by atoms with Crippen LogP contribution in [0.2, 0.25) is 0 Å². The number of hydrogen-bond acceptors (Lipinski definition) is 4. The lowest BCUT2D eigenvalue weighted by molar-refractivity contribution is 0.322. The number of likely N-dealkylation sites (tertiary alicyclic amines) is 1. The summed E-state index contributed by atoms with van der Waals surface area (Å²) in [5.74, 6) is 3.65. The van der Waals surface area contributed by atoms with E-state index >= 15 is 0 Å². The standard InChI is InChI=1S/C24H33N3O3.HI/c1-25-24(27-15-13-19(17-27)16-18-8-6-5-7-9-18)26-14-12-20-10-11-21(28-2)23(30-4)22(20)29-3;/h5-11,19H,12-17H2,1-4H3,(H,25,26);1H. The second kappa shape index (κ2) is 12.6. The topological polar surface area (TPSA) is 55.3 Å². The first-order chi connectivity index (χ1) is 14.7. The van der Waals surface area contributed by atoms with Crippen LogP contribution in [-0.4, -0.2) is 58.9 Å². The Hall–Kier alpha value is -2.16. The fourth-order valence-electron chi connectivity index (χ4n) is 4.14. The number of ether oxygens (including phenoxy) is 3. The van der Waals surface area contributed by atoms with E-state index in [4.69, 9.17) is 14.2 Å². The number of benzene rings is 2. The van der Waals surface area contributed by atoms with Gasteiger partial charge in [-0.25, -0.2) is 0 Å². The van der Waals surface area contributed by atoms with E-state index < -0.39 is 0 Å². The third-order valence-corrected chi connectivity index (χ3v) is 5.63. The van der Waals surface area contributed by atoms with Gasteiger partial charge in [-0.3, -0.25) is 4.99 Å². The second-order valence-electron chi connectivity index (χ2n) is 7.51. The minimum atomic E-state index is 0. The zero-order chi connectivity index (χ0) is 21.3. The summed E-state index contributed by atoms with van der Waals surface area (Å²) >= 11 is 0. The second-order valence-corrected chi connectivity index (χ2v) is 7.51. The van der Waals surface area contributed by atoms with Crippen molar-refractivity contribution in [3.8, 4) is 17.2 Å². The van der Waals surface area contributed by atoms with Gasteiger partial charge in [0, 0.05) is 32.2 Å². The molecule has 0 bridgehead atoms. The van der Waals surface area contributed by atoms with Gasteiger partial charge in [0.2, 0.25) is 5.75 Å². The van der Waals surface area contributed by atoms with E-state index in [2.05, 4.69) is 45.5 Å². The van der Waals surface area contributed by atoms with E-state index in [1.54, 1.807) is 21.3 Å². The van der Waals surface area contributed by atoms with E-state index in [0.29, 0.717) is 17.4 Å². The lowest BCUT2D eigenvalue weighted by Crippen LogP contribution is -2.41. The Kier molecular flexibility index (Phi) is 10.2. The van der Waals surface area contributed by atoms with Crippen LogP contribution < -0.4 is 19.5 Å². The molecule has 31 heavy (non-hydrogen) atoms. The highest BCUT2D eigenvalue weighted by atomic mass is 127. The number of nitrogens with zero attached hydrogens (tertiary/aromatic N) is 2. The summed E-state index contributed by atoms with van der Waals surface area (Å²) in [4.78, 5) is 6.86. The van der Waals surface area contributed by atoms with Gasteiger partial charge in [0.15, 0.2) is 17.5 Å². The molecule has 1 atom stereocenters. The van der Waals surface area contributed by atoms with Crippen LogP contribution in [0.15, 0.2) is 47.5 Å². The van der Waals surface area contributed by atoms with Gasteiger partial charge in [-0.2, -0.15) is 0 Å². The predicted octanol–water partition coefficient (Wildman–Crippen LogP) is 4.01. The van der Waals surface area contributed by atoms with Gasteiger partial charge in [0.1, 0.15) is 0 Å². The molecule has 0 amide bonds. The van der Waals surface area contributed by atoms with Crippen LogP contribution in [0, 0.1) is 5.92 Å². The van der Waals surface area contributed by atoms with Crippen molar-refractivity contribution < 1.29 is 14.2 Å². The van der Waals surface area contributed by atoms with Gasteiger partial charge in [-0.1, -0.05) is 36.4 Å². The molecule has 1 unspecified atom stereocenters. The molecule has 0 spiro atoms. The van der Waals surface area contributed by atoms with Crippen LogP contribution in [0.3, 0.4) is 0 Å². The van der Waals surface area contributed by atoms with Gasteiger partial charge in [-0.05, 0) is 36.8 Å². The summed E-state index contributed by atoms with van der Waals surface area (Å²) in [5.41, 5.74) is 2.48. The molecule has 0 saturated carbocycles. The van der Waals surface area contributed by atoms with Crippen LogP contribution in [0.5, 0.6) is 17.2 Å². The molecule has 2 aromatic rings. The molecule has 3 rings (SSSR count). The highest BCUT2D eigenvalue weighted by Crippen LogP contribution is 2.39. The van der Waals surface area contributed by atoms with E-state index in [9.17, 15) is 0 Å². The fourth-order valence-corrected chi connectivity index (χ4v) is 4.14. The molecular formula is C24H34IN3O3. The van der Waals surface area contributed by atoms with E-state index in [-0.39, 0.29) is 24.0 Å². The Morgan fingerprint density at radius 3 is 2.42 bits per heavy atom. The summed E-state index contributed by atoms with van der Waals surface area (Å²) in [5, 5.41) is 3.51. The molecule has 1 fully saturated rings. The Bertz CT molecular complexity index is 845. The Morgan fingerprint density at radius 2 is 1.77 bits per heavy atom. The first-order valence-electron chi connectivity index (χ1n) is 10.5. The van der Waals surface area contributed by atoms with Crippen molar-refractivity contribution in [2.75, 3.05) is 48.0 Å². The Balaban J connectivity index is 0.00000341.